The van der Waals surface area contributed by atoms with E-state index in [0.29, 0.717) is 6.42 Å². The van der Waals surface area contributed by atoms with Crippen LogP contribution in [-0.2, 0) is 28.5 Å². The second-order valence-corrected chi connectivity index (χ2v) is 15.9. The van der Waals surface area contributed by atoms with Crippen molar-refractivity contribution < 1.29 is 49.0 Å². The van der Waals surface area contributed by atoms with Crippen molar-refractivity contribution in [2.24, 2.45) is 0 Å². The predicted molar refractivity (Wildman–Crippen MR) is 220 cm³/mol. The number of aliphatic hydroxyl groups is 4. The third kappa shape index (κ3) is 28.5. The number of unbranched alkanes of at least 4 members (excludes halogenated alkanes) is 25. The summed E-state index contributed by atoms with van der Waals surface area (Å²) in [4.78, 5) is 25.3. The summed E-state index contributed by atoms with van der Waals surface area (Å²) in [5, 5.41) is 40.0. The molecule has 324 valence electrons. The van der Waals surface area contributed by atoms with E-state index in [0.717, 1.165) is 44.9 Å². The molecule has 1 saturated heterocycles. The number of rotatable bonds is 38. The number of carbonyl (C=O) groups is 2. The van der Waals surface area contributed by atoms with Crippen molar-refractivity contribution in [2.45, 2.75) is 243 Å². The molecule has 0 radical (unpaired) electrons. The Morgan fingerprint density at radius 3 is 1.42 bits per heavy atom. The van der Waals surface area contributed by atoms with Crippen LogP contribution >= 0.6 is 0 Å². The number of ether oxygens (including phenoxy) is 4. The first kappa shape index (κ1) is 51.5. The first-order valence-electron chi connectivity index (χ1n) is 22.8. The van der Waals surface area contributed by atoms with Gasteiger partial charge in [-0.05, 0) is 38.5 Å². The lowest BCUT2D eigenvalue weighted by Crippen LogP contribution is -2.59. The molecule has 0 spiro atoms. The predicted octanol–water partition coefficient (Wildman–Crippen LogP) is 9.56. The van der Waals surface area contributed by atoms with Crippen LogP contribution < -0.4 is 0 Å². The Hall–Kier alpha value is -1.56. The minimum absolute atomic E-state index is 0.214. The molecular formula is C45H84O10. The van der Waals surface area contributed by atoms with Gasteiger partial charge in [0, 0.05) is 12.8 Å². The Morgan fingerprint density at radius 1 is 0.545 bits per heavy atom. The van der Waals surface area contributed by atoms with Gasteiger partial charge in [-0.1, -0.05) is 167 Å². The zero-order valence-corrected chi connectivity index (χ0v) is 35.2. The molecule has 1 fully saturated rings. The fourth-order valence-electron chi connectivity index (χ4n) is 7.01. The van der Waals surface area contributed by atoms with Crippen molar-refractivity contribution in [2.75, 3.05) is 19.8 Å². The molecule has 0 saturated carbocycles. The zero-order valence-electron chi connectivity index (χ0n) is 35.2. The van der Waals surface area contributed by atoms with Gasteiger partial charge in [0.2, 0.25) is 0 Å². The highest BCUT2D eigenvalue weighted by atomic mass is 16.7. The lowest BCUT2D eigenvalue weighted by molar-refractivity contribution is -0.305. The van der Waals surface area contributed by atoms with Crippen LogP contribution in [0.5, 0.6) is 0 Å². The molecule has 55 heavy (non-hydrogen) atoms. The quantitative estimate of drug-likeness (QED) is 0.0271. The molecule has 0 bridgehead atoms. The summed E-state index contributed by atoms with van der Waals surface area (Å²) in [5.41, 5.74) is 0. The molecule has 10 heteroatoms. The first-order chi connectivity index (χ1) is 26.8. The first-order valence-corrected chi connectivity index (χ1v) is 22.8. The number of hydrogen-bond acceptors (Lipinski definition) is 10. The van der Waals surface area contributed by atoms with Gasteiger partial charge in [0.1, 0.15) is 31.0 Å². The van der Waals surface area contributed by atoms with Crippen LogP contribution in [0, 0.1) is 0 Å². The smallest absolute Gasteiger partial charge is 0.306 e. The van der Waals surface area contributed by atoms with E-state index in [-0.39, 0.29) is 32.0 Å². The molecule has 0 aliphatic carbocycles. The summed E-state index contributed by atoms with van der Waals surface area (Å²) in [5.74, 6) is -0.802. The van der Waals surface area contributed by atoms with E-state index < -0.39 is 49.4 Å². The monoisotopic (exact) mass is 785 g/mol. The van der Waals surface area contributed by atoms with E-state index in [2.05, 4.69) is 26.0 Å². The van der Waals surface area contributed by atoms with Crippen LogP contribution in [0.4, 0.5) is 0 Å². The maximum absolute atomic E-state index is 12.8. The second-order valence-electron chi connectivity index (χ2n) is 15.9. The van der Waals surface area contributed by atoms with Gasteiger partial charge in [0.05, 0.1) is 13.2 Å². The van der Waals surface area contributed by atoms with Gasteiger partial charge < -0.3 is 39.4 Å². The molecule has 0 amide bonds. The van der Waals surface area contributed by atoms with E-state index in [4.69, 9.17) is 18.9 Å². The highest BCUT2D eigenvalue weighted by molar-refractivity contribution is 5.70. The van der Waals surface area contributed by atoms with Crippen molar-refractivity contribution in [3.05, 3.63) is 12.2 Å². The van der Waals surface area contributed by atoms with Crippen LogP contribution in [0.3, 0.4) is 0 Å². The van der Waals surface area contributed by atoms with E-state index >= 15 is 0 Å². The van der Waals surface area contributed by atoms with Crippen molar-refractivity contribution in [1.29, 1.82) is 0 Å². The molecule has 1 aliphatic heterocycles. The van der Waals surface area contributed by atoms with Crippen LogP contribution in [0.1, 0.15) is 206 Å². The largest absolute Gasteiger partial charge is 0.462 e. The Labute approximate surface area is 335 Å². The SMILES string of the molecule is CCCCCCCC/C=C\CCCCCCCCCC(=O)OC(COC(=O)CCCCCCCCCCCCCCC)COC1OC(CO)C(O)C(O)C1O. The van der Waals surface area contributed by atoms with Crippen molar-refractivity contribution in [1.82, 2.24) is 0 Å². The van der Waals surface area contributed by atoms with Crippen molar-refractivity contribution in [3.63, 3.8) is 0 Å². The van der Waals surface area contributed by atoms with Crippen LogP contribution in [0.2, 0.25) is 0 Å². The van der Waals surface area contributed by atoms with Crippen LogP contribution in [0.25, 0.3) is 0 Å². The van der Waals surface area contributed by atoms with E-state index in [1.165, 1.54) is 128 Å². The van der Waals surface area contributed by atoms with Gasteiger partial charge in [0.15, 0.2) is 12.4 Å². The number of hydrogen-bond donors (Lipinski definition) is 4. The summed E-state index contributed by atoms with van der Waals surface area (Å²) in [6.45, 7) is 3.43. The average molecular weight is 785 g/mol. The van der Waals surface area contributed by atoms with E-state index in [9.17, 15) is 30.0 Å². The minimum atomic E-state index is -1.59. The molecular weight excluding hydrogens is 700 g/mol. The standard InChI is InChI=1S/C45H84O10/c1-3-5-7-9-11-13-15-17-18-19-20-22-24-26-28-30-32-34-41(48)54-38(37-53-45-44(51)43(50)42(49)39(35-46)55-45)36-52-40(47)33-31-29-27-25-23-21-16-14-12-10-8-6-4-2/h17-18,38-39,42-46,49-51H,3-16,19-37H2,1-2H3/b18-17-. The summed E-state index contributed by atoms with van der Waals surface area (Å²) in [6, 6.07) is 0. The lowest BCUT2D eigenvalue weighted by atomic mass is 9.99. The highest BCUT2D eigenvalue weighted by Gasteiger charge is 2.44. The molecule has 1 rings (SSSR count). The molecule has 0 aromatic rings. The van der Waals surface area contributed by atoms with Gasteiger partial charge in [0.25, 0.3) is 0 Å². The molecule has 0 aromatic carbocycles. The van der Waals surface area contributed by atoms with E-state index in [1.807, 2.05) is 0 Å². The maximum Gasteiger partial charge on any atom is 0.306 e. The normalized spacial score (nSPS) is 20.6. The average Bonchev–Trinajstić information content (AvgIpc) is 3.18. The lowest BCUT2D eigenvalue weighted by Gasteiger charge is -2.39. The van der Waals surface area contributed by atoms with Crippen LogP contribution in [0.15, 0.2) is 12.2 Å². The Kier molecular flexibility index (Phi) is 34.4. The summed E-state index contributed by atoms with van der Waals surface area (Å²) in [7, 11) is 0. The van der Waals surface area contributed by atoms with Gasteiger partial charge in [-0.15, -0.1) is 0 Å². The van der Waals surface area contributed by atoms with Crippen molar-refractivity contribution >= 4 is 11.9 Å². The zero-order chi connectivity index (χ0) is 40.2. The number of carbonyl (C=O) groups excluding carboxylic acids is 2. The molecule has 6 unspecified atom stereocenters. The number of allylic oxidation sites excluding steroid dienone is 2. The Morgan fingerprint density at radius 2 is 0.964 bits per heavy atom. The van der Waals surface area contributed by atoms with Gasteiger partial charge >= 0.3 is 11.9 Å². The Bertz CT molecular complexity index is 912. The molecule has 1 heterocycles. The molecule has 4 N–H and O–H groups in total. The molecule has 1 aliphatic rings. The molecule has 10 nitrogen and oxygen atoms in total. The topological polar surface area (TPSA) is 152 Å². The third-order valence-corrected chi connectivity index (χ3v) is 10.7. The fraction of sp³-hybridized carbons (Fsp3) is 0.911. The number of aliphatic hydroxyl groups excluding tert-OH is 4. The highest BCUT2D eigenvalue weighted by Crippen LogP contribution is 2.23. The maximum atomic E-state index is 12.8. The molecule has 0 aromatic heterocycles. The van der Waals surface area contributed by atoms with Gasteiger partial charge in [-0.25, -0.2) is 0 Å². The summed E-state index contributed by atoms with van der Waals surface area (Å²) < 4.78 is 22.2. The van der Waals surface area contributed by atoms with Gasteiger partial charge in [-0.2, -0.15) is 0 Å². The van der Waals surface area contributed by atoms with Crippen LogP contribution in [-0.4, -0.2) is 89.0 Å². The van der Waals surface area contributed by atoms with E-state index in [1.54, 1.807) is 0 Å². The van der Waals surface area contributed by atoms with Crippen molar-refractivity contribution in [3.8, 4) is 0 Å². The third-order valence-electron chi connectivity index (χ3n) is 10.7. The Balaban J connectivity index is 2.32. The fourth-order valence-corrected chi connectivity index (χ4v) is 7.01. The summed E-state index contributed by atoms with van der Waals surface area (Å²) in [6.07, 6.45) is 30.7. The minimum Gasteiger partial charge on any atom is -0.462 e. The molecule has 6 atom stereocenters. The van der Waals surface area contributed by atoms with Gasteiger partial charge in [-0.3, -0.25) is 9.59 Å². The number of esters is 2. The summed E-state index contributed by atoms with van der Waals surface area (Å²) >= 11 is 0. The second kappa shape index (κ2) is 36.8.